The van der Waals surface area contributed by atoms with Gasteiger partial charge >= 0.3 is 12.0 Å². The summed E-state index contributed by atoms with van der Waals surface area (Å²) in [6.45, 7) is 6.57. The van der Waals surface area contributed by atoms with E-state index >= 15 is 0 Å². The van der Waals surface area contributed by atoms with Crippen LogP contribution < -0.4 is 5.32 Å². The first-order valence-electron chi connectivity index (χ1n) is 11.7. The number of aliphatic imine (C=N–C) groups is 1. The zero-order chi connectivity index (χ0) is 26.1. The molecule has 0 aliphatic rings. The third kappa shape index (κ3) is 7.61. The number of benzene rings is 2. The number of aryl methyl sites for hydroxylation is 2. The highest BCUT2D eigenvalue weighted by atomic mass is 32.1. The summed E-state index contributed by atoms with van der Waals surface area (Å²) in [6, 6.07) is 12.9. The van der Waals surface area contributed by atoms with Gasteiger partial charge < -0.3 is 9.64 Å². The molecule has 1 heterocycles. The minimum atomic E-state index is -0.442. The number of ether oxygens (including phenoxy) is 1. The Morgan fingerprint density at radius 2 is 1.92 bits per heavy atom. The second-order valence-electron chi connectivity index (χ2n) is 8.30. The van der Waals surface area contributed by atoms with E-state index in [4.69, 9.17) is 4.74 Å². The first-order chi connectivity index (χ1) is 17.3. The third-order valence-corrected chi connectivity index (χ3v) is 6.27. The molecule has 1 N–H and O–H groups in total. The molecule has 9 nitrogen and oxygen atoms in total. The van der Waals surface area contributed by atoms with Gasteiger partial charge in [-0.1, -0.05) is 29.8 Å². The van der Waals surface area contributed by atoms with Crippen molar-refractivity contribution in [2.45, 2.75) is 40.2 Å². The Bertz CT molecular complexity index is 1240. The average Bonchev–Trinajstić information content (AvgIpc) is 3.22. The van der Waals surface area contributed by atoms with Crippen molar-refractivity contribution in [3.8, 4) is 0 Å². The second-order valence-corrected chi connectivity index (χ2v) is 9.53. The number of carbonyl (C=O) groups is 3. The summed E-state index contributed by atoms with van der Waals surface area (Å²) in [5, 5.41) is 3.71. The number of amides is 3. The molecule has 0 saturated heterocycles. The van der Waals surface area contributed by atoms with Crippen LogP contribution in [0.4, 0.5) is 10.5 Å². The Kier molecular flexibility index (Phi) is 9.52. The molecule has 2 aromatic carbocycles. The molecule has 3 amide bonds. The average molecular weight is 510 g/mol. The quantitative estimate of drug-likeness (QED) is 0.197. The highest BCUT2D eigenvalue weighted by molar-refractivity contribution is 7.18. The molecular formula is C26H31N5O4S. The maximum atomic E-state index is 12.9. The minimum absolute atomic E-state index is 0.105. The smallest absolute Gasteiger partial charge is 0.323 e. The number of guanidine groups is 1. The van der Waals surface area contributed by atoms with E-state index in [1.54, 1.807) is 31.4 Å². The van der Waals surface area contributed by atoms with Gasteiger partial charge in [0, 0.05) is 20.0 Å². The SMILES string of the molecule is CCOC(=O)CCCN(C)C(=O)NC(=Nc1ccc2nc(C)sc2c1)N(C=O)Cc1ccc(C)cc1. The third-order valence-electron chi connectivity index (χ3n) is 5.33. The van der Waals surface area contributed by atoms with Gasteiger partial charge in [0.25, 0.3) is 0 Å². The van der Waals surface area contributed by atoms with Crippen molar-refractivity contribution in [3.05, 3.63) is 58.6 Å². The van der Waals surface area contributed by atoms with Crippen LogP contribution in [0.25, 0.3) is 10.2 Å². The van der Waals surface area contributed by atoms with E-state index in [-0.39, 0.29) is 24.9 Å². The number of thiazole rings is 1. The molecule has 0 atom stereocenters. The molecular weight excluding hydrogens is 478 g/mol. The molecule has 10 heteroatoms. The Balaban J connectivity index is 1.81. The summed E-state index contributed by atoms with van der Waals surface area (Å²) in [5.74, 6) is -0.194. The summed E-state index contributed by atoms with van der Waals surface area (Å²) < 4.78 is 5.90. The number of nitrogens with one attached hydrogen (secondary N) is 1. The minimum Gasteiger partial charge on any atom is -0.466 e. The first kappa shape index (κ1) is 26.8. The lowest BCUT2D eigenvalue weighted by Gasteiger charge is -2.23. The van der Waals surface area contributed by atoms with Crippen molar-refractivity contribution in [1.29, 1.82) is 0 Å². The maximum Gasteiger partial charge on any atom is 0.323 e. The summed E-state index contributed by atoms with van der Waals surface area (Å²) >= 11 is 1.55. The number of aromatic nitrogens is 1. The van der Waals surface area contributed by atoms with Crippen molar-refractivity contribution in [2.24, 2.45) is 4.99 Å². The number of hydrogen-bond donors (Lipinski definition) is 1. The van der Waals surface area contributed by atoms with E-state index in [9.17, 15) is 14.4 Å². The largest absolute Gasteiger partial charge is 0.466 e. The standard InChI is InChI=1S/C26H31N5O4S/c1-5-35-24(33)7-6-14-30(4)26(34)29-25(31(17-32)16-20-10-8-18(2)9-11-20)28-21-12-13-22-23(15-21)36-19(3)27-22/h8-13,15,17H,5-7,14,16H2,1-4H3,(H,28,29,34). The molecule has 36 heavy (non-hydrogen) atoms. The van der Waals surface area contributed by atoms with E-state index in [1.165, 1.54) is 9.80 Å². The van der Waals surface area contributed by atoms with Crippen molar-refractivity contribution < 1.29 is 19.1 Å². The summed E-state index contributed by atoms with van der Waals surface area (Å²) in [4.78, 5) is 48.5. The lowest BCUT2D eigenvalue weighted by Crippen LogP contribution is -2.48. The van der Waals surface area contributed by atoms with Crippen molar-refractivity contribution in [3.63, 3.8) is 0 Å². The number of urea groups is 1. The normalized spacial score (nSPS) is 11.3. The van der Waals surface area contributed by atoms with Crippen LogP contribution in [0.1, 0.15) is 35.9 Å². The number of carbonyl (C=O) groups excluding carboxylic acids is 3. The number of rotatable bonds is 9. The zero-order valence-corrected chi connectivity index (χ0v) is 21.8. The molecule has 0 radical (unpaired) electrons. The first-order valence-corrected chi connectivity index (χ1v) is 12.5. The second kappa shape index (κ2) is 12.8. The van der Waals surface area contributed by atoms with Crippen LogP contribution in [-0.4, -0.2) is 59.4 Å². The maximum absolute atomic E-state index is 12.9. The van der Waals surface area contributed by atoms with E-state index in [2.05, 4.69) is 15.3 Å². The number of esters is 1. The molecule has 0 fully saturated rings. The summed E-state index contributed by atoms with van der Waals surface area (Å²) in [5.41, 5.74) is 3.46. The van der Waals surface area contributed by atoms with Gasteiger partial charge in [-0.05, 0) is 51.0 Å². The summed E-state index contributed by atoms with van der Waals surface area (Å²) in [7, 11) is 1.62. The van der Waals surface area contributed by atoms with Gasteiger partial charge in [-0.25, -0.2) is 14.8 Å². The summed E-state index contributed by atoms with van der Waals surface area (Å²) in [6.07, 6.45) is 1.32. The van der Waals surface area contributed by atoms with E-state index < -0.39 is 6.03 Å². The number of nitrogens with zero attached hydrogens (tertiary/aromatic N) is 4. The topological polar surface area (TPSA) is 104 Å². The fraction of sp³-hybridized carbons (Fsp3) is 0.346. The van der Waals surface area contributed by atoms with Gasteiger partial charge in [-0.2, -0.15) is 0 Å². The molecule has 0 unspecified atom stereocenters. The molecule has 190 valence electrons. The van der Waals surface area contributed by atoms with Crippen LogP contribution in [0.2, 0.25) is 0 Å². The Hall–Kier alpha value is -3.79. The van der Waals surface area contributed by atoms with Gasteiger partial charge in [-0.15, -0.1) is 11.3 Å². The van der Waals surface area contributed by atoms with Gasteiger partial charge in [-0.3, -0.25) is 19.8 Å². The zero-order valence-electron chi connectivity index (χ0n) is 21.0. The number of fused-ring (bicyclic) bond motifs is 1. The molecule has 0 aliphatic carbocycles. The Morgan fingerprint density at radius 3 is 2.61 bits per heavy atom. The molecule has 0 aliphatic heterocycles. The molecule has 3 aromatic rings. The van der Waals surface area contributed by atoms with Crippen molar-refractivity contribution in [1.82, 2.24) is 20.1 Å². The van der Waals surface area contributed by atoms with Crippen molar-refractivity contribution >= 4 is 51.6 Å². The predicted octanol–water partition coefficient (Wildman–Crippen LogP) is 4.54. The predicted molar refractivity (Wildman–Crippen MR) is 141 cm³/mol. The van der Waals surface area contributed by atoms with Crippen LogP contribution >= 0.6 is 11.3 Å². The monoisotopic (exact) mass is 509 g/mol. The van der Waals surface area contributed by atoms with Gasteiger partial charge in [0.2, 0.25) is 12.4 Å². The van der Waals surface area contributed by atoms with Gasteiger partial charge in [0.1, 0.15) is 0 Å². The van der Waals surface area contributed by atoms with E-state index in [0.29, 0.717) is 31.7 Å². The van der Waals surface area contributed by atoms with Crippen LogP contribution in [0.5, 0.6) is 0 Å². The Morgan fingerprint density at radius 1 is 1.17 bits per heavy atom. The van der Waals surface area contributed by atoms with Gasteiger partial charge in [0.15, 0.2) is 0 Å². The van der Waals surface area contributed by atoms with Crippen LogP contribution in [-0.2, 0) is 20.9 Å². The van der Waals surface area contributed by atoms with Crippen molar-refractivity contribution in [2.75, 3.05) is 20.2 Å². The number of hydrogen-bond acceptors (Lipinski definition) is 7. The van der Waals surface area contributed by atoms with Crippen LogP contribution in [0.15, 0.2) is 47.5 Å². The van der Waals surface area contributed by atoms with Crippen LogP contribution in [0.3, 0.4) is 0 Å². The fourth-order valence-corrected chi connectivity index (χ4v) is 4.28. The molecule has 1 aromatic heterocycles. The van der Waals surface area contributed by atoms with Crippen LogP contribution in [0, 0.1) is 13.8 Å². The highest BCUT2D eigenvalue weighted by Gasteiger charge is 2.18. The fourth-order valence-electron chi connectivity index (χ4n) is 3.42. The Labute approximate surface area is 214 Å². The molecule has 3 rings (SSSR count). The lowest BCUT2D eigenvalue weighted by molar-refractivity contribution is -0.143. The highest BCUT2D eigenvalue weighted by Crippen LogP contribution is 2.26. The molecule has 0 spiro atoms. The molecule has 0 saturated carbocycles. The van der Waals surface area contributed by atoms with E-state index in [1.807, 2.05) is 50.2 Å². The van der Waals surface area contributed by atoms with Gasteiger partial charge in [0.05, 0.1) is 34.1 Å². The van der Waals surface area contributed by atoms with E-state index in [0.717, 1.165) is 26.4 Å². The molecule has 0 bridgehead atoms. The lowest BCUT2D eigenvalue weighted by atomic mass is 10.1.